The van der Waals surface area contributed by atoms with Crippen LogP contribution in [0.1, 0.15) is 30.1 Å². The molecule has 0 aromatic heterocycles. The smallest absolute Gasteiger partial charge is 0.283 e. The fraction of sp³-hybridized carbons (Fsp3) is 0.250. The van der Waals surface area contributed by atoms with E-state index in [2.05, 4.69) is 15.9 Å². The van der Waals surface area contributed by atoms with Crippen molar-refractivity contribution in [3.05, 3.63) is 28.2 Å². The zero-order valence-corrected chi connectivity index (χ0v) is 10.8. The quantitative estimate of drug-likeness (QED) is 0.787. The summed E-state index contributed by atoms with van der Waals surface area (Å²) in [6.45, 7) is 1.85. The molecule has 0 spiro atoms. The number of hydrogen-bond donors (Lipinski definition) is 0. The second-order valence-electron chi connectivity index (χ2n) is 3.77. The first-order chi connectivity index (χ1) is 8.06. The van der Waals surface area contributed by atoms with Gasteiger partial charge in [-0.3, -0.25) is 14.4 Å². The van der Waals surface area contributed by atoms with E-state index in [0.717, 1.165) is 4.90 Å². The van der Waals surface area contributed by atoms with Crippen LogP contribution in [0.5, 0.6) is 0 Å². The normalized spacial score (nSPS) is 14.1. The molecule has 0 saturated carbocycles. The molecular formula is C12H10BrNO3. The summed E-state index contributed by atoms with van der Waals surface area (Å²) in [6, 6.07) is 4.88. The van der Waals surface area contributed by atoms with Gasteiger partial charge in [0.2, 0.25) is 5.91 Å². The summed E-state index contributed by atoms with van der Waals surface area (Å²) in [4.78, 5) is 36.2. The molecule has 17 heavy (non-hydrogen) atoms. The van der Waals surface area contributed by atoms with Gasteiger partial charge in [-0.05, 0) is 24.6 Å². The second-order valence-corrected chi connectivity index (χ2v) is 4.69. The van der Waals surface area contributed by atoms with Gasteiger partial charge in [0.05, 0.1) is 11.3 Å². The molecule has 0 bridgehead atoms. The molecule has 1 aromatic carbocycles. The number of anilines is 1. The molecule has 2 rings (SSSR count). The number of ketones is 1. The Bertz CT molecular complexity index is 524. The maximum Gasteiger partial charge on any atom is 0.306 e. The van der Waals surface area contributed by atoms with Crippen LogP contribution in [0.4, 0.5) is 5.69 Å². The third-order valence-corrected chi connectivity index (χ3v) is 3.05. The molecule has 1 heterocycles. The maximum absolute atomic E-state index is 11.8. The molecule has 0 atom stereocenters. The van der Waals surface area contributed by atoms with Crippen molar-refractivity contribution in [3.63, 3.8) is 0 Å². The molecule has 0 N–H and O–H groups in total. The minimum absolute atomic E-state index is 0.258. The van der Waals surface area contributed by atoms with E-state index in [-0.39, 0.29) is 17.9 Å². The van der Waals surface area contributed by atoms with Gasteiger partial charge < -0.3 is 0 Å². The monoisotopic (exact) mass is 295 g/mol. The van der Waals surface area contributed by atoms with Crippen LogP contribution in [0.2, 0.25) is 0 Å². The highest BCUT2D eigenvalue weighted by molar-refractivity contribution is 9.10. The lowest BCUT2D eigenvalue weighted by Gasteiger charge is -2.13. The van der Waals surface area contributed by atoms with E-state index in [1.165, 1.54) is 0 Å². The van der Waals surface area contributed by atoms with Crippen molar-refractivity contribution in [1.29, 1.82) is 0 Å². The molecular weight excluding hydrogens is 286 g/mol. The zero-order chi connectivity index (χ0) is 12.6. The fourth-order valence-corrected chi connectivity index (χ4v) is 2.15. The Morgan fingerprint density at radius 3 is 2.71 bits per heavy atom. The highest BCUT2D eigenvalue weighted by atomic mass is 79.9. The first-order valence-electron chi connectivity index (χ1n) is 5.27. The molecule has 5 heteroatoms. The fourth-order valence-electron chi connectivity index (χ4n) is 1.78. The highest BCUT2D eigenvalue weighted by Gasteiger charge is 2.39. The third kappa shape index (κ3) is 1.91. The van der Waals surface area contributed by atoms with Gasteiger partial charge >= 0.3 is 5.91 Å². The van der Waals surface area contributed by atoms with Crippen molar-refractivity contribution < 1.29 is 14.4 Å². The lowest BCUT2D eigenvalue weighted by molar-refractivity contribution is -0.124. The molecule has 0 aliphatic carbocycles. The molecule has 0 radical (unpaired) electrons. The summed E-state index contributed by atoms with van der Waals surface area (Å²) in [5.41, 5.74) is 0.676. The van der Waals surface area contributed by atoms with Crippen molar-refractivity contribution in [1.82, 2.24) is 0 Å². The predicted octanol–water partition coefficient (Wildman–Crippen LogP) is 2.31. The first-order valence-corrected chi connectivity index (χ1v) is 6.06. The summed E-state index contributed by atoms with van der Waals surface area (Å²) >= 11 is 3.23. The summed E-state index contributed by atoms with van der Waals surface area (Å²) in [5, 5.41) is 0. The lowest BCUT2D eigenvalue weighted by Crippen LogP contribution is -2.35. The zero-order valence-electron chi connectivity index (χ0n) is 9.20. The molecule has 0 unspecified atom stereocenters. The number of Topliss-reactive ketones (excluding diaryl/α,β-unsaturated/α-hetero) is 1. The van der Waals surface area contributed by atoms with Gasteiger partial charge in [0.1, 0.15) is 0 Å². The van der Waals surface area contributed by atoms with Crippen molar-refractivity contribution in [2.24, 2.45) is 0 Å². The number of carbonyl (C=O) groups is 3. The number of carbonyl (C=O) groups excluding carboxylic acids is 3. The Balaban J connectivity index is 2.48. The number of fused-ring (bicyclic) bond motifs is 1. The van der Waals surface area contributed by atoms with Gasteiger partial charge in [0.25, 0.3) is 5.78 Å². The Morgan fingerprint density at radius 1 is 1.35 bits per heavy atom. The number of imide groups is 1. The molecule has 0 saturated heterocycles. The minimum Gasteiger partial charge on any atom is -0.283 e. The molecule has 88 valence electrons. The first kappa shape index (κ1) is 12.0. The molecule has 1 aromatic rings. The van der Waals surface area contributed by atoms with Gasteiger partial charge in [-0.2, -0.15) is 0 Å². The van der Waals surface area contributed by atoms with Crippen LogP contribution in [-0.2, 0) is 9.59 Å². The molecule has 4 nitrogen and oxygen atoms in total. The Labute approximate surface area is 107 Å². The van der Waals surface area contributed by atoms with Gasteiger partial charge in [0.15, 0.2) is 0 Å². The topological polar surface area (TPSA) is 54.5 Å². The lowest BCUT2D eigenvalue weighted by atomic mass is 10.1. The number of hydrogen-bond acceptors (Lipinski definition) is 3. The Morgan fingerprint density at radius 2 is 2.06 bits per heavy atom. The maximum atomic E-state index is 11.8. The Kier molecular flexibility index (Phi) is 3.11. The van der Waals surface area contributed by atoms with Crippen LogP contribution in [0.15, 0.2) is 22.7 Å². The summed E-state index contributed by atoms with van der Waals surface area (Å²) in [6.07, 6.45) is 0.900. The van der Waals surface area contributed by atoms with Gasteiger partial charge in [0, 0.05) is 10.9 Å². The average molecular weight is 296 g/mol. The van der Waals surface area contributed by atoms with Crippen molar-refractivity contribution >= 4 is 39.2 Å². The van der Waals surface area contributed by atoms with E-state index in [4.69, 9.17) is 0 Å². The van der Waals surface area contributed by atoms with Crippen molar-refractivity contribution in [2.75, 3.05) is 4.90 Å². The van der Waals surface area contributed by atoms with E-state index in [0.29, 0.717) is 16.6 Å². The van der Waals surface area contributed by atoms with Gasteiger partial charge in [-0.15, -0.1) is 0 Å². The third-order valence-electron chi connectivity index (χ3n) is 2.55. The number of benzene rings is 1. The summed E-state index contributed by atoms with van der Waals surface area (Å²) in [5.74, 6) is -1.70. The van der Waals surface area contributed by atoms with Crippen LogP contribution in [0, 0.1) is 0 Å². The van der Waals surface area contributed by atoms with E-state index < -0.39 is 11.7 Å². The molecule has 2 amide bonds. The van der Waals surface area contributed by atoms with Gasteiger partial charge in [-0.1, -0.05) is 22.9 Å². The number of halogens is 1. The van der Waals surface area contributed by atoms with E-state index in [1.54, 1.807) is 18.2 Å². The van der Waals surface area contributed by atoms with Crippen LogP contribution in [0.25, 0.3) is 0 Å². The van der Waals surface area contributed by atoms with E-state index in [9.17, 15) is 14.4 Å². The van der Waals surface area contributed by atoms with Crippen LogP contribution in [0.3, 0.4) is 0 Å². The van der Waals surface area contributed by atoms with Crippen LogP contribution in [-0.4, -0.2) is 17.6 Å². The van der Waals surface area contributed by atoms with Crippen molar-refractivity contribution in [3.8, 4) is 0 Å². The number of amides is 2. The van der Waals surface area contributed by atoms with Crippen LogP contribution < -0.4 is 4.90 Å². The predicted molar refractivity (Wildman–Crippen MR) is 65.9 cm³/mol. The standard InChI is InChI=1S/C12H10BrNO3/c1-2-3-10(15)14-9-5-4-7(13)6-8(9)11(16)12(14)17/h4-6H,2-3H2,1H3. The number of nitrogens with zero attached hydrogens (tertiary/aromatic N) is 1. The Hall–Kier alpha value is -1.49. The van der Waals surface area contributed by atoms with E-state index >= 15 is 0 Å². The van der Waals surface area contributed by atoms with E-state index in [1.807, 2.05) is 6.92 Å². The molecule has 1 aliphatic rings. The summed E-state index contributed by atoms with van der Waals surface area (Å²) in [7, 11) is 0. The van der Waals surface area contributed by atoms with Gasteiger partial charge in [-0.25, -0.2) is 4.90 Å². The second kappa shape index (κ2) is 4.41. The molecule has 0 fully saturated rings. The minimum atomic E-state index is -0.753. The summed E-state index contributed by atoms with van der Waals surface area (Å²) < 4.78 is 0.710. The molecule has 1 aliphatic heterocycles. The highest BCUT2D eigenvalue weighted by Crippen LogP contribution is 2.31. The largest absolute Gasteiger partial charge is 0.306 e. The number of rotatable bonds is 2. The van der Waals surface area contributed by atoms with Crippen LogP contribution >= 0.6 is 15.9 Å². The SMILES string of the molecule is CCCC(=O)N1C(=O)C(=O)c2cc(Br)ccc21. The average Bonchev–Trinajstić information content (AvgIpc) is 2.53. The van der Waals surface area contributed by atoms with Crippen molar-refractivity contribution in [2.45, 2.75) is 19.8 Å².